The van der Waals surface area contributed by atoms with Gasteiger partial charge in [0.2, 0.25) is 5.92 Å². The molecular formula is C24H30BF2NO4. The number of hydrogen-bond acceptors (Lipinski definition) is 4. The monoisotopic (exact) mass is 445 g/mol. The summed E-state index contributed by atoms with van der Waals surface area (Å²) in [5, 5.41) is 4.78. The van der Waals surface area contributed by atoms with Crippen LogP contribution in [0.25, 0.3) is 10.8 Å². The number of benzene rings is 2. The van der Waals surface area contributed by atoms with Gasteiger partial charge in [0, 0.05) is 18.9 Å². The molecule has 1 aliphatic carbocycles. The van der Waals surface area contributed by atoms with Crippen LogP contribution in [0, 0.1) is 0 Å². The maximum absolute atomic E-state index is 13.3. The highest BCUT2D eigenvalue weighted by molar-refractivity contribution is 6.62. The third kappa shape index (κ3) is 4.91. The molecule has 5 nitrogen and oxygen atoms in total. The topological polar surface area (TPSA) is 56.8 Å². The summed E-state index contributed by atoms with van der Waals surface area (Å²) in [7, 11) is -0.456. The lowest BCUT2D eigenvalue weighted by Crippen LogP contribution is -2.42. The number of halogens is 2. The number of carbonyl (C=O) groups excluding carboxylic acids is 1. The zero-order chi connectivity index (χ0) is 23.1. The summed E-state index contributed by atoms with van der Waals surface area (Å²) in [6, 6.07) is 11.4. The molecule has 0 unspecified atom stereocenters. The summed E-state index contributed by atoms with van der Waals surface area (Å²) in [5.74, 6) is -2.35. The quantitative estimate of drug-likeness (QED) is 0.701. The normalized spacial score (nSPS) is 22.1. The third-order valence-corrected chi connectivity index (χ3v) is 6.81. The Morgan fingerprint density at radius 1 is 1.03 bits per heavy atom. The smallest absolute Gasteiger partial charge is 0.484 e. The van der Waals surface area contributed by atoms with Gasteiger partial charge in [-0.3, -0.25) is 4.79 Å². The number of hydrogen-bond donors (Lipinski definition) is 1. The summed E-state index contributed by atoms with van der Waals surface area (Å²) >= 11 is 0. The van der Waals surface area contributed by atoms with Crippen molar-refractivity contribution in [3.05, 3.63) is 36.4 Å². The molecule has 1 amide bonds. The van der Waals surface area contributed by atoms with Crippen LogP contribution in [0.3, 0.4) is 0 Å². The van der Waals surface area contributed by atoms with Crippen molar-refractivity contribution in [2.24, 2.45) is 0 Å². The van der Waals surface area contributed by atoms with Gasteiger partial charge in [-0.2, -0.15) is 0 Å². The lowest BCUT2D eigenvalue weighted by molar-refractivity contribution is -0.124. The molecule has 0 radical (unpaired) electrons. The van der Waals surface area contributed by atoms with Gasteiger partial charge in [-0.05, 0) is 68.9 Å². The molecule has 0 atom stereocenters. The first-order valence-corrected chi connectivity index (χ1v) is 11.1. The molecule has 0 bridgehead atoms. The van der Waals surface area contributed by atoms with Gasteiger partial charge in [0.15, 0.2) is 6.61 Å². The first-order chi connectivity index (χ1) is 14.9. The van der Waals surface area contributed by atoms with E-state index in [2.05, 4.69) is 5.32 Å². The molecular weight excluding hydrogens is 415 g/mol. The molecule has 0 spiro atoms. The maximum Gasteiger partial charge on any atom is 0.494 e. The van der Waals surface area contributed by atoms with Crippen molar-refractivity contribution in [1.29, 1.82) is 0 Å². The van der Waals surface area contributed by atoms with Crippen LogP contribution in [0.5, 0.6) is 5.75 Å². The lowest BCUT2D eigenvalue weighted by atomic mass is 9.78. The molecule has 2 fully saturated rings. The van der Waals surface area contributed by atoms with Crippen molar-refractivity contribution in [3.8, 4) is 5.75 Å². The second-order valence-corrected chi connectivity index (χ2v) is 9.84. The minimum atomic E-state index is -2.61. The Balaban J connectivity index is 1.38. The van der Waals surface area contributed by atoms with Gasteiger partial charge in [0.1, 0.15) is 5.75 Å². The molecule has 1 aliphatic heterocycles. The minimum Gasteiger partial charge on any atom is -0.484 e. The van der Waals surface area contributed by atoms with E-state index < -0.39 is 24.2 Å². The fourth-order valence-corrected chi connectivity index (χ4v) is 4.06. The highest BCUT2D eigenvalue weighted by atomic mass is 19.3. The summed E-state index contributed by atoms with van der Waals surface area (Å²) < 4.78 is 44.5. The standard InChI is InChI=1S/C24H30BF2NO4/c1-22(2)23(3,4)32-25(31-22)18-7-5-16-6-8-20(14-17(16)13-18)30-15-21(29)28-19-9-11-24(26,27)12-10-19/h5-8,13-14,19H,9-12,15H2,1-4H3,(H,28,29). The molecule has 32 heavy (non-hydrogen) atoms. The van der Waals surface area contributed by atoms with Crippen molar-refractivity contribution in [2.45, 2.75) is 76.5 Å². The number of ether oxygens (including phenoxy) is 1. The zero-order valence-corrected chi connectivity index (χ0v) is 19.0. The predicted octanol–water partition coefficient (Wildman–Crippen LogP) is 4.21. The van der Waals surface area contributed by atoms with E-state index in [-0.39, 0.29) is 44.2 Å². The van der Waals surface area contributed by atoms with Crippen LogP contribution in [0.4, 0.5) is 8.78 Å². The van der Waals surface area contributed by atoms with Gasteiger partial charge in [0.05, 0.1) is 11.2 Å². The van der Waals surface area contributed by atoms with Crippen LogP contribution in [0.15, 0.2) is 36.4 Å². The van der Waals surface area contributed by atoms with Crippen molar-refractivity contribution in [1.82, 2.24) is 5.32 Å². The minimum absolute atomic E-state index is 0.157. The second-order valence-electron chi connectivity index (χ2n) is 9.84. The van der Waals surface area contributed by atoms with Gasteiger partial charge in [-0.25, -0.2) is 8.78 Å². The summed E-state index contributed by atoms with van der Waals surface area (Å²) in [5.41, 5.74) is 0.0818. The number of amides is 1. The number of rotatable bonds is 5. The Hall–Kier alpha value is -2.19. The van der Waals surface area contributed by atoms with Gasteiger partial charge < -0.3 is 19.4 Å². The van der Waals surface area contributed by atoms with E-state index in [1.165, 1.54) is 0 Å². The van der Waals surface area contributed by atoms with Crippen LogP contribution in [0.1, 0.15) is 53.4 Å². The molecule has 172 valence electrons. The van der Waals surface area contributed by atoms with E-state index in [0.29, 0.717) is 5.75 Å². The fraction of sp³-hybridized carbons (Fsp3) is 0.542. The number of carbonyl (C=O) groups is 1. The average molecular weight is 445 g/mol. The van der Waals surface area contributed by atoms with Crippen molar-refractivity contribution >= 4 is 29.3 Å². The van der Waals surface area contributed by atoms with Gasteiger partial charge in [0.25, 0.3) is 5.91 Å². The lowest BCUT2D eigenvalue weighted by Gasteiger charge is -2.32. The second kappa shape index (κ2) is 8.30. The molecule has 2 aromatic rings. The molecule has 0 aromatic heterocycles. The highest BCUT2D eigenvalue weighted by Crippen LogP contribution is 2.37. The van der Waals surface area contributed by atoms with Gasteiger partial charge >= 0.3 is 7.12 Å². The van der Waals surface area contributed by atoms with E-state index in [9.17, 15) is 13.6 Å². The third-order valence-electron chi connectivity index (χ3n) is 6.81. The number of nitrogens with one attached hydrogen (secondary N) is 1. The molecule has 1 saturated heterocycles. The molecule has 2 aromatic carbocycles. The van der Waals surface area contributed by atoms with Crippen LogP contribution < -0.4 is 15.5 Å². The average Bonchev–Trinajstić information content (AvgIpc) is 2.94. The van der Waals surface area contributed by atoms with Crippen molar-refractivity contribution in [3.63, 3.8) is 0 Å². The predicted molar refractivity (Wildman–Crippen MR) is 121 cm³/mol. The van der Waals surface area contributed by atoms with Crippen LogP contribution in [0.2, 0.25) is 0 Å². The fourth-order valence-electron chi connectivity index (χ4n) is 4.06. The van der Waals surface area contributed by atoms with E-state index in [1.54, 1.807) is 0 Å². The summed E-state index contributed by atoms with van der Waals surface area (Å²) in [6.45, 7) is 7.91. The Bertz CT molecular complexity index is 985. The first kappa shape index (κ1) is 23.0. The van der Waals surface area contributed by atoms with E-state index in [0.717, 1.165) is 16.2 Å². The number of fused-ring (bicyclic) bond motifs is 1. The maximum atomic E-state index is 13.3. The van der Waals surface area contributed by atoms with Crippen molar-refractivity contribution < 1.29 is 27.6 Å². The Kier molecular flexibility index (Phi) is 5.97. The Labute approximate surface area is 187 Å². The van der Waals surface area contributed by atoms with Gasteiger partial charge in [-0.15, -0.1) is 0 Å². The molecule has 8 heteroatoms. The zero-order valence-electron chi connectivity index (χ0n) is 19.0. The molecule has 1 saturated carbocycles. The van der Waals surface area contributed by atoms with Crippen LogP contribution >= 0.6 is 0 Å². The summed E-state index contributed by atoms with van der Waals surface area (Å²) in [4.78, 5) is 12.2. The van der Waals surface area contributed by atoms with E-state index >= 15 is 0 Å². The van der Waals surface area contributed by atoms with E-state index in [4.69, 9.17) is 14.0 Å². The Morgan fingerprint density at radius 3 is 2.31 bits per heavy atom. The first-order valence-electron chi connectivity index (χ1n) is 11.1. The molecule has 1 heterocycles. The highest BCUT2D eigenvalue weighted by Gasteiger charge is 2.51. The Morgan fingerprint density at radius 2 is 1.66 bits per heavy atom. The molecule has 2 aliphatic rings. The SMILES string of the molecule is CC1(C)OB(c2ccc3ccc(OCC(=O)NC4CCC(F)(F)CC4)cc3c2)OC1(C)C. The van der Waals surface area contributed by atoms with Gasteiger partial charge in [-0.1, -0.05) is 24.3 Å². The van der Waals surface area contributed by atoms with Crippen LogP contribution in [-0.4, -0.2) is 42.8 Å². The van der Waals surface area contributed by atoms with Crippen molar-refractivity contribution in [2.75, 3.05) is 6.61 Å². The number of alkyl halides is 2. The van der Waals surface area contributed by atoms with E-state index in [1.807, 2.05) is 64.1 Å². The largest absolute Gasteiger partial charge is 0.494 e. The molecule has 4 rings (SSSR count). The molecule has 1 N–H and O–H groups in total. The summed E-state index contributed by atoms with van der Waals surface area (Å²) in [6.07, 6.45) is 0.204. The van der Waals surface area contributed by atoms with Crippen LogP contribution in [-0.2, 0) is 14.1 Å².